The molecule has 2 heteroatoms. The Labute approximate surface area is 112 Å². The highest BCUT2D eigenvalue weighted by Gasteiger charge is 2.14. The van der Waals surface area contributed by atoms with Gasteiger partial charge in [-0.1, -0.05) is 51.1 Å². The van der Waals surface area contributed by atoms with Gasteiger partial charge >= 0.3 is 0 Å². The fourth-order valence-electron chi connectivity index (χ4n) is 1.98. The fraction of sp³-hybridized carbons (Fsp3) is 0.625. The van der Waals surface area contributed by atoms with Gasteiger partial charge in [0.1, 0.15) is 0 Å². The van der Waals surface area contributed by atoms with Crippen LogP contribution in [0.4, 0.5) is 0 Å². The molecule has 0 radical (unpaired) electrons. The van der Waals surface area contributed by atoms with Gasteiger partial charge in [0.25, 0.3) is 0 Å². The molecule has 0 aliphatic rings. The molecule has 18 heavy (non-hydrogen) atoms. The molecule has 0 fully saturated rings. The monoisotopic (exact) mass is 248 g/mol. The van der Waals surface area contributed by atoms with Crippen molar-refractivity contribution < 1.29 is 0 Å². The number of hydrogen-bond donors (Lipinski definition) is 1. The molecule has 0 aliphatic heterocycles. The Balaban J connectivity index is 2.45. The van der Waals surface area contributed by atoms with Gasteiger partial charge in [0.2, 0.25) is 0 Å². The minimum atomic E-state index is 0.410. The van der Waals surface area contributed by atoms with Crippen molar-refractivity contribution in [2.75, 3.05) is 27.2 Å². The summed E-state index contributed by atoms with van der Waals surface area (Å²) in [5.41, 5.74) is 1.79. The molecule has 1 unspecified atom stereocenters. The van der Waals surface area contributed by atoms with Crippen LogP contribution in [0.15, 0.2) is 30.3 Å². The third kappa shape index (κ3) is 5.65. The van der Waals surface area contributed by atoms with Crippen LogP contribution in [0.1, 0.15) is 38.8 Å². The lowest BCUT2D eigenvalue weighted by atomic mass is 9.92. The molecular formula is C16H28N2. The van der Waals surface area contributed by atoms with E-state index < -0.39 is 0 Å². The summed E-state index contributed by atoms with van der Waals surface area (Å²) in [6, 6.07) is 11.2. The number of rotatable bonds is 6. The van der Waals surface area contributed by atoms with Gasteiger partial charge < -0.3 is 10.2 Å². The van der Waals surface area contributed by atoms with Gasteiger partial charge in [-0.05, 0) is 38.0 Å². The van der Waals surface area contributed by atoms with E-state index >= 15 is 0 Å². The zero-order chi connectivity index (χ0) is 13.6. The van der Waals surface area contributed by atoms with Gasteiger partial charge in [0.05, 0.1) is 0 Å². The number of nitrogens with zero attached hydrogens (tertiary/aromatic N) is 1. The lowest BCUT2D eigenvalue weighted by Gasteiger charge is -2.26. The summed E-state index contributed by atoms with van der Waals surface area (Å²) in [7, 11) is 4.28. The Hall–Kier alpha value is -0.860. The highest BCUT2D eigenvalue weighted by Crippen LogP contribution is 2.19. The zero-order valence-electron chi connectivity index (χ0n) is 12.5. The van der Waals surface area contributed by atoms with E-state index in [1.54, 1.807) is 0 Å². The summed E-state index contributed by atoms with van der Waals surface area (Å²) in [6.45, 7) is 8.95. The van der Waals surface area contributed by atoms with E-state index in [4.69, 9.17) is 0 Å². The summed E-state index contributed by atoms with van der Waals surface area (Å²) in [6.07, 6.45) is 1.21. The van der Waals surface area contributed by atoms with Gasteiger partial charge in [-0.3, -0.25) is 0 Å². The molecule has 1 aromatic carbocycles. The molecule has 0 aliphatic carbocycles. The maximum Gasteiger partial charge on any atom is 0.0466 e. The first kappa shape index (κ1) is 15.2. The zero-order valence-corrected chi connectivity index (χ0v) is 12.5. The quantitative estimate of drug-likeness (QED) is 0.777. The molecule has 0 bridgehead atoms. The van der Waals surface area contributed by atoms with Crippen molar-refractivity contribution in [1.82, 2.24) is 10.2 Å². The van der Waals surface area contributed by atoms with E-state index in [9.17, 15) is 0 Å². The summed E-state index contributed by atoms with van der Waals surface area (Å²) in [5, 5.41) is 3.58. The third-order valence-corrected chi connectivity index (χ3v) is 3.20. The van der Waals surface area contributed by atoms with Crippen molar-refractivity contribution in [3.8, 4) is 0 Å². The first-order valence-electron chi connectivity index (χ1n) is 6.82. The molecular weight excluding hydrogens is 220 g/mol. The van der Waals surface area contributed by atoms with Crippen LogP contribution in [0.5, 0.6) is 0 Å². The predicted molar refractivity (Wildman–Crippen MR) is 79.8 cm³/mol. The summed E-state index contributed by atoms with van der Waals surface area (Å²) < 4.78 is 0. The Bertz CT molecular complexity index is 325. The van der Waals surface area contributed by atoms with Gasteiger partial charge in [0.15, 0.2) is 0 Å². The molecule has 0 heterocycles. The van der Waals surface area contributed by atoms with Crippen LogP contribution in [-0.4, -0.2) is 32.1 Å². The van der Waals surface area contributed by atoms with Gasteiger partial charge in [-0.25, -0.2) is 0 Å². The number of nitrogens with one attached hydrogen (secondary N) is 1. The molecule has 0 saturated carbocycles. The molecule has 1 N–H and O–H groups in total. The topological polar surface area (TPSA) is 15.3 Å². The van der Waals surface area contributed by atoms with Crippen LogP contribution in [0.2, 0.25) is 0 Å². The van der Waals surface area contributed by atoms with Crippen molar-refractivity contribution in [1.29, 1.82) is 0 Å². The van der Waals surface area contributed by atoms with Crippen molar-refractivity contribution in [3.63, 3.8) is 0 Å². The predicted octanol–water partition coefficient (Wildman–Crippen LogP) is 3.32. The van der Waals surface area contributed by atoms with Crippen molar-refractivity contribution in [2.45, 2.75) is 33.2 Å². The number of likely N-dealkylation sites (N-methyl/N-ethyl adjacent to an activating group) is 1. The van der Waals surface area contributed by atoms with Gasteiger partial charge in [-0.15, -0.1) is 0 Å². The summed E-state index contributed by atoms with van der Waals surface area (Å²) in [5.74, 6) is 0. The Morgan fingerprint density at radius 2 is 1.72 bits per heavy atom. The average molecular weight is 248 g/mol. The van der Waals surface area contributed by atoms with E-state index in [1.807, 2.05) is 0 Å². The van der Waals surface area contributed by atoms with E-state index in [-0.39, 0.29) is 0 Å². The maximum absolute atomic E-state index is 3.58. The van der Waals surface area contributed by atoms with Gasteiger partial charge in [-0.2, -0.15) is 0 Å². The molecule has 0 spiro atoms. The first-order valence-corrected chi connectivity index (χ1v) is 6.82. The van der Waals surface area contributed by atoms with Crippen LogP contribution < -0.4 is 5.32 Å². The minimum Gasteiger partial charge on any atom is -0.315 e. The number of benzene rings is 1. The SMILES string of the molecule is CN(C)C(CNCCC(C)(C)C)c1ccccc1. The first-order chi connectivity index (χ1) is 8.40. The van der Waals surface area contributed by atoms with Gasteiger partial charge in [0, 0.05) is 12.6 Å². The fourth-order valence-corrected chi connectivity index (χ4v) is 1.98. The molecule has 0 amide bonds. The molecule has 1 atom stereocenters. The third-order valence-electron chi connectivity index (χ3n) is 3.20. The summed E-state index contributed by atoms with van der Waals surface area (Å²) >= 11 is 0. The summed E-state index contributed by atoms with van der Waals surface area (Å²) in [4.78, 5) is 2.28. The second-order valence-electron chi connectivity index (χ2n) is 6.40. The van der Waals surface area contributed by atoms with Crippen LogP contribution in [-0.2, 0) is 0 Å². The second-order valence-corrected chi connectivity index (χ2v) is 6.40. The molecule has 0 saturated heterocycles. The van der Waals surface area contributed by atoms with Crippen molar-refractivity contribution >= 4 is 0 Å². The molecule has 102 valence electrons. The van der Waals surface area contributed by atoms with Crippen LogP contribution >= 0.6 is 0 Å². The largest absolute Gasteiger partial charge is 0.315 e. The van der Waals surface area contributed by atoms with Crippen molar-refractivity contribution in [3.05, 3.63) is 35.9 Å². The van der Waals surface area contributed by atoms with E-state index in [1.165, 1.54) is 12.0 Å². The van der Waals surface area contributed by atoms with E-state index in [2.05, 4.69) is 75.4 Å². The lowest BCUT2D eigenvalue weighted by Crippen LogP contribution is -2.32. The highest BCUT2D eigenvalue weighted by atomic mass is 15.1. The Morgan fingerprint density at radius 1 is 1.11 bits per heavy atom. The molecule has 1 rings (SSSR count). The van der Waals surface area contributed by atoms with Crippen LogP contribution in [0.3, 0.4) is 0 Å². The van der Waals surface area contributed by atoms with Crippen LogP contribution in [0, 0.1) is 5.41 Å². The number of hydrogen-bond acceptors (Lipinski definition) is 2. The lowest BCUT2D eigenvalue weighted by molar-refractivity contribution is 0.281. The van der Waals surface area contributed by atoms with E-state index in [0.717, 1.165) is 13.1 Å². The minimum absolute atomic E-state index is 0.410. The molecule has 1 aromatic rings. The second kappa shape index (κ2) is 6.91. The standard InChI is InChI=1S/C16H28N2/c1-16(2,3)11-12-17-13-15(18(4)5)14-9-7-6-8-10-14/h6-10,15,17H,11-13H2,1-5H3. The maximum atomic E-state index is 3.58. The Kier molecular flexibility index (Phi) is 5.83. The highest BCUT2D eigenvalue weighted by molar-refractivity contribution is 5.19. The van der Waals surface area contributed by atoms with Crippen molar-refractivity contribution in [2.24, 2.45) is 5.41 Å². The Morgan fingerprint density at radius 3 is 2.22 bits per heavy atom. The smallest absolute Gasteiger partial charge is 0.0466 e. The molecule has 0 aromatic heterocycles. The van der Waals surface area contributed by atoms with Crippen LogP contribution in [0.25, 0.3) is 0 Å². The van der Waals surface area contributed by atoms with E-state index in [0.29, 0.717) is 11.5 Å². The normalized spacial score (nSPS) is 13.9. The molecule has 2 nitrogen and oxygen atoms in total. The average Bonchev–Trinajstić information content (AvgIpc) is 2.28.